The maximum atomic E-state index is 12.8. The molecule has 0 saturated heterocycles. The fourth-order valence-electron chi connectivity index (χ4n) is 1.88. The molecular weight excluding hydrogens is 235 g/mol. The summed E-state index contributed by atoms with van der Waals surface area (Å²) in [5, 5.41) is 8.64. The van der Waals surface area contributed by atoms with Gasteiger partial charge in [-0.25, -0.2) is 0 Å². The van der Waals surface area contributed by atoms with Gasteiger partial charge in [-0.3, -0.25) is 9.79 Å². The fraction of sp³-hybridized carbons (Fsp3) is 0.273. The van der Waals surface area contributed by atoms with Gasteiger partial charge < -0.3 is 5.11 Å². The summed E-state index contributed by atoms with van der Waals surface area (Å²) in [4.78, 5) is 14.4. The number of carboxylic acid groups (broad SMARTS) is 1. The van der Waals surface area contributed by atoms with Crippen LogP contribution in [0.3, 0.4) is 0 Å². The number of hydrogen-bond acceptors (Lipinski definition) is 2. The van der Waals surface area contributed by atoms with Gasteiger partial charge in [0.15, 0.2) is 0 Å². The van der Waals surface area contributed by atoms with Crippen LogP contribution in [-0.2, 0) is 4.79 Å². The predicted octanol–water partition coefficient (Wildman–Crippen LogP) is 2.27. The number of allylic oxidation sites excluding steroid dienone is 2. The Kier molecular flexibility index (Phi) is 2.65. The van der Waals surface area contributed by atoms with Crippen LogP contribution in [0.15, 0.2) is 39.9 Å². The van der Waals surface area contributed by atoms with Gasteiger partial charge in [0.25, 0.3) is 0 Å². The molecule has 1 atom stereocenters. The Morgan fingerprint density at radius 1 is 1.47 bits per heavy atom. The van der Waals surface area contributed by atoms with Crippen molar-refractivity contribution >= 4 is 12.2 Å². The van der Waals surface area contributed by atoms with Crippen LogP contribution >= 0.6 is 0 Å². The molecule has 0 bridgehead atoms. The summed E-state index contributed by atoms with van der Waals surface area (Å²) in [6, 6.07) is -0.703. The zero-order chi connectivity index (χ0) is 12.6. The van der Waals surface area contributed by atoms with E-state index in [4.69, 9.17) is 5.11 Å². The Balaban J connectivity index is 2.45. The summed E-state index contributed by atoms with van der Waals surface area (Å²) in [7, 11) is 0. The van der Waals surface area contributed by atoms with Gasteiger partial charge >= 0.3 is 12.1 Å². The quantitative estimate of drug-likeness (QED) is 0.808. The van der Waals surface area contributed by atoms with Crippen LogP contribution in [0.2, 0.25) is 0 Å². The molecular formula is C11H8F3NO2. The second-order valence-corrected chi connectivity index (χ2v) is 3.70. The van der Waals surface area contributed by atoms with Crippen molar-refractivity contribution in [3.05, 3.63) is 34.9 Å². The molecule has 1 N–H and O–H groups in total. The Morgan fingerprint density at radius 3 is 2.76 bits per heavy atom. The molecule has 0 aromatic carbocycles. The lowest BCUT2D eigenvalue weighted by molar-refractivity contribution is -0.136. The number of fused-ring (bicyclic) bond motifs is 1. The smallest absolute Gasteiger partial charge is 0.416 e. The van der Waals surface area contributed by atoms with Crippen molar-refractivity contribution in [2.24, 2.45) is 4.99 Å². The SMILES string of the molecule is O=C(O)CC1=C2C(C(F)(F)F)=CC=C[C@H]2N=C1. The largest absolute Gasteiger partial charge is 0.481 e. The summed E-state index contributed by atoms with van der Waals surface area (Å²) in [6.07, 6.45) is 0.0199. The van der Waals surface area contributed by atoms with E-state index >= 15 is 0 Å². The molecule has 1 aliphatic heterocycles. The fourth-order valence-corrected chi connectivity index (χ4v) is 1.88. The van der Waals surface area contributed by atoms with E-state index in [2.05, 4.69) is 4.99 Å². The van der Waals surface area contributed by atoms with Gasteiger partial charge in [0, 0.05) is 6.21 Å². The van der Waals surface area contributed by atoms with Crippen LogP contribution in [0.4, 0.5) is 13.2 Å². The van der Waals surface area contributed by atoms with Crippen molar-refractivity contribution in [2.45, 2.75) is 18.6 Å². The minimum Gasteiger partial charge on any atom is -0.481 e. The molecule has 1 aliphatic carbocycles. The summed E-state index contributed by atoms with van der Waals surface area (Å²) >= 11 is 0. The average molecular weight is 243 g/mol. The van der Waals surface area contributed by atoms with Crippen molar-refractivity contribution in [2.75, 3.05) is 0 Å². The molecule has 0 saturated carbocycles. The molecule has 1 heterocycles. The highest BCUT2D eigenvalue weighted by molar-refractivity contribution is 5.92. The van der Waals surface area contributed by atoms with E-state index in [9.17, 15) is 18.0 Å². The van der Waals surface area contributed by atoms with E-state index < -0.39 is 30.2 Å². The number of aliphatic imine (C=N–C) groups is 1. The zero-order valence-corrected chi connectivity index (χ0v) is 8.53. The number of nitrogens with zero attached hydrogens (tertiary/aromatic N) is 1. The van der Waals surface area contributed by atoms with Crippen molar-refractivity contribution in [3.63, 3.8) is 0 Å². The summed E-state index contributed by atoms with van der Waals surface area (Å²) in [5.41, 5.74) is -0.725. The van der Waals surface area contributed by atoms with Crippen molar-refractivity contribution in [1.29, 1.82) is 0 Å². The van der Waals surface area contributed by atoms with Crippen molar-refractivity contribution in [3.8, 4) is 0 Å². The van der Waals surface area contributed by atoms with E-state index in [1.807, 2.05) is 0 Å². The highest BCUT2D eigenvalue weighted by Gasteiger charge is 2.41. The first-order chi connectivity index (χ1) is 7.89. The number of halogens is 3. The highest BCUT2D eigenvalue weighted by Crippen LogP contribution is 2.39. The number of aliphatic carboxylic acids is 1. The number of hydrogen-bond donors (Lipinski definition) is 1. The normalized spacial score (nSPS) is 22.8. The monoisotopic (exact) mass is 243 g/mol. The second-order valence-electron chi connectivity index (χ2n) is 3.70. The number of carbonyl (C=O) groups is 1. The third-order valence-electron chi connectivity index (χ3n) is 2.53. The van der Waals surface area contributed by atoms with Crippen LogP contribution in [0.1, 0.15) is 6.42 Å². The van der Waals surface area contributed by atoms with Crippen LogP contribution in [0, 0.1) is 0 Å². The summed E-state index contributed by atoms with van der Waals surface area (Å²) in [5.74, 6) is -1.17. The third kappa shape index (κ3) is 2.15. The van der Waals surface area contributed by atoms with Crippen LogP contribution in [0.25, 0.3) is 0 Å². The Bertz CT molecular complexity index is 483. The van der Waals surface area contributed by atoms with Gasteiger partial charge in [-0.15, -0.1) is 0 Å². The first kappa shape index (κ1) is 11.6. The zero-order valence-electron chi connectivity index (χ0n) is 8.53. The van der Waals surface area contributed by atoms with E-state index in [1.54, 1.807) is 0 Å². The molecule has 2 aliphatic rings. The maximum absolute atomic E-state index is 12.8. The molecule has 6 heteroatoms. The van der Waals surface area contributed by atoms with Gasteiger partial charge in [-0.05, 0) is 17.2 Å². The minimum atomic E-state index is -4.49. The number of alkyl halides is 3. The van der Waals surface area contributed by atoms with Crippen LogP contribution in [-0.4, -0.2) is 29.5 Å². The van der Waals surface area contributed by atoms with E-state index in [1.165, 1.54) is 18.4 Å². The molecule has 17 heavy (non-hydrogen) atoms. The highest BCUT2D eigenvalue weighted by atomic mass is 19.4. The Hall–Kier alpha value is -1.85. The Labute approximate surface area is 94.7 Å². The van der Waals surface area contributed by atoms with Gasteiger partial charge in [0.1, 0.15) is 0 Å². The molecule has 90 valence electrons. The standard InChI is InChI=1S/C11H8F3NO2/c12-11(13,14)7-2-1-3-8-10(7)6(5-15-8)4-9(16)17/h1-3,5,8H,4H2,(H,16,17)/t8-/m1/s1. The van der Waals surface area contributed by atoms with Gasteiger partial charge in [-0.1, -0.05) is 12.2 Å². The van der Waals surface area contributed by atoms with E-state index in [0.717, 1.165) is 6.08 Å². The van der Waals surface area contributed by atoms with Crippen molar-refractivity contribution in [1.82, 2.24) is 0 Å². The number of carboxylic acids is 1. The average Bonchev–Trinajstić information content (AvgIpc) is 2.59. The first-order valence-electron chi connectivity index (χ1n) is 4.83. The Morgan fingerprint density at radius 2 is 2.18 bits per heavy atom. The van der Waals surface area contributed by atoms with Gasteiger partial charge in [-0.2, -0.15) is 13.2 Å². The first-order valence-corrected chi connectivity index (χ1v) is 4.83. The molecule has 0 aromatic rings. The maximum Gasteiger partial charge on any atom is 0.416 e. The van der Waals surface area contributed by atoms with Crippen molar-refractivity contribution < 1.29 is 23.1 Å². The molecule has 0 radical (unpaired) electrons. The molecule has 0 amide bonds. The minimum absolute atomic E-state index is 0.0394. The summed E-state index contributed by atoms with van der Waals surface area (Å²) < 4.78 is 38.3. The lowest BCUT2D eigenvalue weighted by atomic mass is 9.90. The molecule has 0 fully saturated rings. The lowest BCUT2D eigenvalue weighted by Crippen LogP contribution is -2.21. The van der Waals surface area contributed by atoms with Crippen LogP contribution < -0.4 is 0 Å². The topological polar surface area (TPSA) is 49.7 Å². The third-order valence-corrected chi connectivity index (χ3v) is 2.53. The van der Waals surface area contributed by atoms with Crippen LogP contribution in [0.5, 0.6) is 0 Å². The van der Waals surface area contributed by atoms with E-state index in [0.29, 0.717) is 0 Å². The second kappa shape index (κ2) is 3.87. The van der Waals surface area contributed by atoms with E-state index in [-0.39, 0.29) is 11.1 Å². The lowest BCUT2D eigenvalue weighted by Gasteiger charge is -2.20. The van der Waals surface area contributed by atoms with Gasteiger partial charge in [0.2, 0.25) is 0 Å². The summed E-state index contributed by atoms with van der Waals surface area (Å²) in [6.45, 7) is 0. The molecule has 0 unspecified atom stereocenters. The molecule has 0 aromatic heterocycles. The van der Waals surface area contributed by atoms with Gasteiger partial charge in [0.05, 0.1) is 18.0 Å². The molecule has 0 spiro atoms. The predicted molar refractivity (Wildman–Crippen MR) is 54.8 cm³/mol. The number of rotatable bonds is 2. The molecule has 3 nitrogen and oxygen atoms in total. The molecule has 2 rings (SSSR count).